The summed E-state index contributed by atoms with van der Waals surface area (Å²) in [6.45, 7) is 2.10. The molecule has 0 aliphatic rings. The van der Waals surface area contributed by atoms with Gasteiger partial charge in [-0.2, -0.15) is 0 Å². The molecule has 1 unspecified atom stereocenters. The zero-order valence-electron chi connectivity index (χ0n) is 12.4. The Morgan fingerprint density at radius 2 is 2.05 bits per heavy atom. The molecule has 1 rings (SSSR count). The predicted octanol–water partition coefficient (Wildman–Crippen LogP) is 2.97. The summed E-state index contributed by atoms with van der Waals surface area (Å²) in [6, 6.07) is 2.17. The Bertz CT molecular complexity index is 524. The van der Waals surface area contributed by atoms with Crippen LogP contribution in [0.4, 0.5) is 13.6 Å². The fourth-order valence-corrected chi connectivity index (χ4v) is 2.03. The standard InChI is InChI=1S/C15H20F2N2O3/c1-2-4-13(11-7-6-10(16)9-12(11)17)19-15(22)18-8-3-5-14(20)21/h6-7,9,13H,2-5,8H2,1H3,(H,20,21)(H2,18,19,22). The van der Waals surface area contributed by atoms with Crippen LogP contribution in [0.25, 0.3) is 0 Å². The van der Waals surface area contributed by atoms with Crippen LogP contribution in [-0.2, 0) is 4.79 Å². The van der Waals surface area contributed by atoms with Gasteiger partial charge in [0.15, 0.2) is 0 Å². The number of hydrogen-bond acceptors (Lipinski definition) is 2. The summed E-state index contributed by atoms with van der Waals surface area (Å²) >= 11 is 0. The van der Waals surface area contributed by atoms with Gasteiger partial charge < -0.3 is 15.7 Å². The zero-order chi connectivity index (χ0) is 16.5. The summed E-state index contributed by atoms with van der Waals surface area (Å²) < 4.78 is 26.7. The van der Waals surface area contributed by atoms with Gasteiger partial charge in [-0.1, -0.05) is 19.4 Å². The molecule has 0 aliphatic carbocycles. The molecule has 0 spiro atoms. The number of carbonyl (C=O) groups excluding carboxylic acids is 1. The van der Waals surface area contributed by atoms with Crippen molar-refractivity contribution in [3.05, 3.63) is 35.4 Å². The molecular weight excluding hydrogens is 294 g/mol. The Morgan fingerprint density at radius 3 is 2.64 bits per heavy atom. The van der Waals surface area contributed by atoms with Crippen molar-refractivity contribution in [2.45, 2.75) is 38.6 Å². The molecule has 0 saturated heterocycles. The van der Waals surface area contributed by atoms with E-state index in [0.29, 0.717) is 19.3 Å². The van der Waals surface area contributed by atoms with Crippen molar-refractivity contribution < 1.29 is 23.5 Å². The third-order valence-corrected chi connectivity index (χ3v) is 3.07. The molecule has 0 aromatic heterocycles. The SMILES string of the molecule is CCCC(NC(=O)NCCCC(=O)O)c1ccc(F)cc1F. The first-order valence-corrected chi connectivity index (χ1v) is 7.15. The van der Waals surface area contributed by atoms with Gasteiger partial charge in [-0.15, -0.1) is 0 Å². The monoisotopic (exact) mass is 314 g/mol. The van der Waals surface area contributed by atoms with Crippen molar-refractivity contribution in [2.75, 3.05) is 6.54 Å². The van der Waals surface area contributed by atoms with E-state index < -0.39 is 29.7 Å². The van der Waals surface area contributed by atoms with E-state index in [2.05, 4.69) is 10.6 Å². The van der Waals surface area contributed by atoms with Gasteiger partial charge >= 0.3 is 12.0 Å². The number of carbonyl (C=O) groups is 2. The van der Waals surface area contributed by atoms with Crippen LogP contribution >= 0.6 is 0 Å². The maximum atomic E-state index is 13.8. The maximum absolute atomic E-state index is 13.8. The van der Waals surface area contributed by atoms with E-state index in [-0.39, 0.29) is 18.5 Å². The van der Waals surface area contributed by atoms with E-state index in [1.165, 1.54) is 6.07 Å². The number of amides is 2. The highest BCUT2D eigenvalue weighted by Gasteiger charge is 2.17. The highest BCUT2D eigenvalue weighted by Crippen LogP contribution is 2.22. The quantitative estimate of drug-likeness (QED) is 0.646. The lowest BCUT2D eigenvalue weighted by Crippen LogP contribution is -2.38. The van der Waals surface area contributed by atoms with Gasteiger partial charge in [-0.25, -0.2) is 13.6 Å². The molecule has 1 atom stereocenters. The first kappa shape index (κ1) is 17.9. The minimum atomic E-state index is -0.931. The Kier molecular flexibility index (Phi) is 7.28. The van der Waals surface area contributed by atoms with Crippen LogP contribution in [0.2, 0.25) is 0 Å². The Labute approximate surface area is 127 Å². The summed E-state index contributed by atoms with van der Waals surface area (Å²) in [7, 11) is 0. The minimum absolute atomic E-state index is 0.0364. The third-order valence-electron chi connectivity index (χ3n) is 3.07. The summed E-state index contributed by atoms with van der Waals surface area (Å²) in [5, 5.41) is 13.6. The average Bonchev–Trinajstić information content (AvgIpc) is 2.43. The number of halogens is 2. The fourth-order valence-electron chi connectivity index (χ4n) is 2.03. The number of carboxylic acids is 1. The van der Waals surface area contributed by atoms with E-state index >= 15 is 0 Å². The molecule has 0 radical (unpaired) electrons. The first-order chi connectivity index (χ1) is 10.4. The molecule has 2 amide bonds. The largest absolute Gasteiger partial charge is 0.481 e. The molecule has 1 aromatic carbocycles. The number of urea groups is 1. The van der Waals surface area contributed by atoms with Gasteiger partial charge in [0.05, 0.1) is 6.04 Å². The smallest absolute Gasteiger partial charge is 0.315 e. The van der Waals surface area contributed by atoms with Crippen LogP contribution in [0, 0.1) is 11.6 Å². The number of carboxylic acid groups (broad SMARTS) is 1. The van der Waals surface area contributed by atoms with Crippen molar-refractivity contribution in [1.82, 2.24) is 10.6 Å². The van der Waals surface area contributed by atoms with Crippen LogP contribution in [0.15, 0.2) is 18.2 Å². The van der Waals surface area contributed by atoms with Crippen molar-refractivity contribution in [3.8, 4) is 0 Å². The zero-order valence-corrected chi connectivity index (χ0v) is 12.4. The fraction of sp³-hybridized carbons (Fsp3) is 0.467. The van der Waals surface area contributed by atoms with Crippen molar-refractivity contribution in [3.63, 3.8) is 0 Å². The second-order valence-corrected chi connectivity index (χ2v) is 4.90. The molecule has 3 N–H and O–H groups in total. The lowest BCUT2D eigenvalue weighted by molar-refractivity contribution is -0.137. The normalized spacial score (nSPS) is 11.8. The summed E-state index contributed by atoms with van der Waals surface area (Å²) in [4.78, 5) is 22.1. The first-order valence-electron chi connectivity index (χ1n) is 7.15. The number of rotatable bonds is 8. The molecule has 22 heavy (non-hydrogen) atoms. The van der Waals surface area contributed by atoms with E-state index in [1.54, 1.807) is 0 Å². The second-order valence-electron chi connectivity index (χ2n) is 4.90. The summed E-state index contributed by atoms with van der Waals surface area (Å²) in [5.74, 6) is -2.31. The number of aliphatic carboxylic acids is 1. The molecule has 0 saturated carbocycles. The highest BCUT2D eigenvalue weighted by molar-refractivity contribution is 5.74. The van der Waals surface area contributed by atoms with E-state index in [4.69, 9.17) is 5.11 Å². The van der Waals surface area contributed by atoms with Crippen LogP contribution in [0.3, 0.4) is 0 Å². The van der Waals surface area contributed by atoms with Gasteiger partial charge in [0.25, 0.3) is 0 Å². The number of nitrogens with one attached hydrogen (secondary N) is 2. The molecule has 0 fully saturated rings. The lowest BCUT2D eigenvalue weighted by atomic mass is 10.0. The molecule has 122 valence electrons. The van der Waals surface area contributed by atoms with E-state index in [9.17, 15) is 18.4 Å². The van der Waals surface area contributed by atoms with Gasteiger partial charge in [0.2, 0.25) is 0 Å². The van der Waals surface area contributed by atoms with Crippen LogP contribution in [0.5, 0.6) is 0 Å². The van der Waals surface area contributed by atoms with Crippen LogP contribution in [0.1, 0.15) is 44.2 Å². The molecule has 1 aromatic rings. The van der Waals surface area contributed by atoms with Crippen molar-refractivity contribution in [1.29, 1.82) is 0 Å². The van der Waals surface area contributed by atoms with Gasteiger partial charge in [-0.3, -0.25) is 4.79 Å². The van der Waals surface area contributed by atoms with Crippen LogP contribution < -0.4 is 10.6 Å². The van der Waals surface area contributed by atoms with Crippen molar-refractivity contribution in [2.24, 2.45) is 0 Å². The topological polar surface area (TPSA) is 78.4 Å². The molecule has 5 nitrogen and oxygen atoms in total. The molecule has 7 heteroatoms. The van der Waals surface area contributed by atoms with E-state index in [1.807, 2.05) is 6.92 Å². The Balaban J connectivity index is 2.60. The highest BCUT2D eigenvalue weighted by atomic mass is 19.1. The Hall–Kier alpha value is -2.18. The average molecular weight is 314 g/mol. The molecule has 0 aliphatic heterocycles. The number of benzene rings is 1. The number of hydrogen-bond donors (Lipinski definition) is 3. The second kappa shape index (κ2) is 8.96. The molecule has 0 bridgehead atoms. The van der Waals surface area contributed by atoms with Crippen LogP contribution in [-0.4, -0.2) is 23.7 Å². The Morgan fingerprint density at radius 1 is 1.32 bits per heavy atom. The predicted molar refractivity (Wildman–Crippen MR) is 77.4 cm³/mol. The summed E-state index contributed by atoms with van der Waals surface area (Å²) in [6.07, 6.45) is 1.49. The van der Waals surface area contributed by atoms with Gasteiger partial charge in [0.1, 0.15) is 11.6 Å². The van der Waals surface area contributed by atoms with Crippen molar-refractivity contribution >= 4 is 12.0 Å². The molecule has 0 heterocycles. The minimum Gasteiger partial charge on any atom is -0.481 e. The molecular formula is C15H20F2N2O3. The maximum Gasteiger partial charge on any atom is 0.315 e. The van der Waals surface area contributed by atoms with Gasteiger partial charge in [0, 0.05) is 24.6 Å². The van der Waals surface area contributed by atoms with Gasteiger partial charge in [-0.05, 0) is 18.9 Å². The summed E-state index contributed by atoms with van der Waals surface area (Å²) in [5.41, 5.74) is 0.226. The third kappa shape index (κ3) is 6.07. The van der Waals surface area contributed by atoms with E-state index in [0.717, 1.165) is 12.1 Å². The lowest BCUT2D eigenvalue weighted by Gasteiger charge is -2.19.